The van der Waals surface area contributed by atoms with Crippen LogP contribution in [0, 0.1) is 5.82 Å². The molecular formula is C11H12FNO2. The Kier molecular flexibility index (Phi) is 2.58. The first kappa shape index (κ1) is 9.96. The molecule has 0 bridgehead atoms. The van der Waals surface area contributed by atoms with Crippen molar-refractivity contribution in [2.45, 2.75) is 12.5 Å². The number of amides is 1. The average Bonchev–Trinajstić information content (AvgIpc) is 2.53. The summed E-state index contributed by atoms with van der Waals surface area (Å²) in [5.41, 5.74) is 0. The smallest absolute Gasteiger partial charge is 0.263 e. The summed E-state index contributed by atoms with van der Waals surface area (Å²) in [5, 5.41) is 0. The topological polar surface area (TPSA) is 29.5 Å². The van der Waals surface area contributed by atoms with Gasteiger partial charge in [-0.1, -0.05) is 0 Å². The van der Waals surface area contributed by atoms with Gasteiger partial charge in [-0.2, -0.15) is 0 Å². The van der Waals surface area contributed by atoms with Crippen LogP contribution in [0.4, 0.5) is 4.39 Å². The van der Waals surface area contributed by atoms with Crippen LogP contribution in [0.25, 0.3) is 0 Å². The Morgan fingerprint density at radius 1 is 1.40 bits per heavy atom. The number of hydrogen-bond donors (Lipinski definition) is 0. The van der Waals surface area contributed by atoms with E-state index >= 15 is 0 Å². The van der Waals surface area contributed by atoms with Gasteiger partial charge in [-0.15, -0.1) is 0 Å². The maximum absolute atomic E-state index is 12.6. The molecule has 1 aromatic rings. The maximum atomic E-state index is 12.6. The lowest BCUT2D eigenvalue weighted by Crippen LogP contribution is -2.29. The van der Waals surface area contributed by atoms with Crippen LogP contribution in [-0.4, -0.2) is 30.5 Å². The first-order valence-corrected chi connectivity index (χ1v) is 4.84. The maximum Gasteiger partial charge on any atom is 0.263 e. The minimum Gasteiger partial charge on any atom is -0.481 e. The number of ether oxygens (including phenoxy) is 1. The van der Waals surface area contributed by atoms with E-state index in [4.69, 9.17) is 4.74 Å². The Hall–Kier alpha value is -1.58. The fourth-order valence-corrected chi connectivity index (χ4v) is 1.58. The van der Waals surface area contributed by atoms with Crippen molar-refractivity contribution in [2.24, 2.45) is 0 Å². The van der Waals surface area contributed by atoms with Crippen molar-refractivity contribution < 1.29 is 13.9 Å². The number of likely N-dealkylation sites (tertiary alicyclic amines) is 1. The summed E-state index contributed by atoms with van der Waals surface area (Å²) < 4.78 is 18.1. The lowest BCUT2D eigenvalue weighted by atomic mass is 10.3. The van der Waals surface area contributed by atoms with E-state index in [1.165, 1.54) is 24.3 Å². The van der Waals surface area contributed by atoms with Gasteiger partial charge in [0.25, 0.3) is 5.91 Å². The molecule has 1 saturated heterocycles. The quantitative estimate of drug-likeness (QED) is 0.737. The summed E-state index contributed by atoms with van der Waals surface area (Å²) in [6.07, 6.45) is 0.271. The van der Waals surface area contributed by atoms with Gasteiger partial charge in [0.15, 0.2) is 6.10 Å². The standard InChI is InChI=1S/C11H12FNO2/c1-13-7-6-10(11(13)14)15-9-4-2-8(12)3-5-9/h2-5,10H,6-7H2,1H3. The van der Waals surface area contributed by atoms with Gasteiger partial charge in [-0.05, 0) is 24.3 Å². The fraction of sp³-hybridized carbons (Fsp3) is 0.364. The third kappa shape index (κ3) is 2.09. The van der Waals surface area contributed by atoms with E-state index in [2.05, 4.69) is 0 Å². The lowest BCUT2D eigenvalue weighted by molar-refractivity contribution is -0.132. The molecule has 1 aliphatic heterocycles. The summed E-state index contributed by atoms with van der Waals surface area (Å²) in [6, 6.07) is 5.69. The van der Waals surface area contributed by atoms with Gasteiger partial charge in [-0.3, -0.25) is 4.79 Å². The molecule has 1 aromatic carbocycles. The van der Waals surface area contributed by atoms with Crippen molar-refractivity contribution in [2.75, 3.05) is 13.6 Å². The van der Waals surface area contributed by atoms with Crippen LogP contribution in [0.15, 0.2) is 24.3 Å². The largest absolute Gasteiger partial charge is 0.481 e. The van der Waals surface area contributed by atoms with E-state index in [9.17, 15) is 9.18 Å². The molecule has 0 saturated carbocycles. The van der Waals surface area contributed by atoms with Crippen LogP contribution >= 0.6 is 0 Å². The van der Waals surface area contributed by atoms with Crippen LogP contribution in [-0.2, 0) is 4.79 Å². The number of nitrogens with zero attached hydrogens (tertiary/aromatic N) is 1. The van der Waals surface area contributed by atoms with E-state index in [-0.39, 0.29) is 11.7 Å². The SMILES string of the molecule is CN1CCC(Oc2ccc(F)cc2)C1=O. The number of benzene rings is 1. The van der Waals surface area contributed by atoms with E-state index in [1.807, 2.05) is 0 Å². The van der Waals surface area contributed by atoms with Crippen LogP contribution in [0.1, 0.15) is 6.42 Å². The Balaban J connectivity index is 2.03. The average molecular weight is 209 g/mol. The number of likely N-dealkylation sites (N-methyl/N-ethyl adjacent to an activating group) is 1. The summed E-state index contributed by atoms with van der Waals surface area (Å²) in [5.74, 6) is 0.210. The zero-order valence-electron chi connectivity index (χ0n) is 8.44. The molecule has 1 amide bonds. The summed E-state index contributed by atoms with van der Waals surface area (Å²) in [7, 11) is 1.75. The molecule has 15 heavy (non-hydrogen) atoms. The van der Waals surface area contributed by atoms with Crippen LogP contribution in [0.2, 0.25) is 0 Å². The van der Waals surface area contributed by atoms with Crippen molar-refractivity contribution in [1.29, 1.82) is 0 Å². The van der Waals surface area contributed by atoms with Gasteiger partial charge in [-0.25, -0.2) is 4.39 Å². The predicted molar refractivity (Wildman–Crippen MR) is 53.1 cm³/mol. The Morgan fingerprint density at radius 3 is 2.60 bits per heavy atom. The molecule has 3 nitrogen and oxygen atoms in total. The number of rotatable bonds is 2. The van der Waals surface area contributed by atoms with Gasteiger partial charge in [0.05, 0.1) is 0 Å². The van der Waals surface area contributed by atoms with Crippen molar-refractivity contribution >= 4 is 5.91 Å². The second-order valence-corrected chi connectivity index (χ2v) is 3.61. The summed E-state index contributed by atoms with van der Waals surface area (Å²) in [6.45, 7) is 0.713. The van der Waals surface area contributed by atoms with E-state index in [0.29, 0.717) is 18.7 Å². The van der Waals surface area contributed by atoms with Gasteiger partial charge < -0.3 is 9.64 Å². The first-order valence-electron chi connectivity index (χ1n) is 4.84. The highest BCUT2D eigenvalue weighted by Crippen LogP contribution is 2.18. The van der Waals surface area contributed by atoms with Crippen LogP contribution < -0.4 is 4.74 Å². The molecular weight excluding hydrogens is 197 g/mol. The van der Waals surface area contributed by atoms with Crippen molar-refractivity contribution in [3.63, 3.8) is 0 Å². The minimum absolute atomic E-state index is 0.0145. The highest BCUT2D eigenvalue weighted by atomic mass is 19.1. The second kappa shape index (κ2) is 3.88. The molecule has 1 unspecified atom stereocenters. The van der Waals surface area contributed by atoms with Crippen LogP contribution in [0.5, 0.6) is 5.75 Å². The third-order valence-corrected chi connectivity index (χ3v) is 2.47. The summed E-state index contributed by atoms with van der Waals surface area (Å²) in [4.78, 5) is 13.1. The fourth-order valence-electron chi connectivity index (χ4n) is 1.58. The van der Waals surface area contributed by atoms with Crippen molar-refractivity contribution in [3.8, 4) is 5.75 Å². The third-order valence-electron chi connectivity index (χ3n) is 2.47. The minimum atomic E-state index is -0.416. The summed E-state index contributed by atoms with van der Waals surface area (Å²) >= 11 is 0. The molecule has 1 atom stereocenters. The van der Waals surface area contributed by atoms with E-state index in [1.54, 1.807) is 11.9 Å². The van der Waals surface area contributed by atoms with Crippen molar-refractivity contribution in [1.82, 2.24) is 4.90 Å². The van der Waals surface area contributed by atoms with Crippen LogP contribution in [0.3, 0.4) is 0 Å². The normalized spacial score (nSPS) is 20.8. The highest BCUT2D eigenvalue weighted by molar-refractivity contribution is 5.83. The zero-order valence-corrected chi connectivity index (χ0v) is 8.44. The molecule has 0 spiro atoms. The van der Waals surface area contributed by atoms with Gasteiger partial charge in [0, 0.05) is 20.0 Å². The Morgan fingerprint density at radius 2 is 2.07 bits per heavy atom. The Labute approximate surface area is 87.5 Å². The molecule has 4 heteroatoms. The Bertz CT molecular complexity index is 363. The lowest BCUT2D eigenvalue weighted by Gasteiger charge is -2.12. The van der Waals surface area contributed by atoms with Crippen molar-refractivity contribution in [3.05, 3.63) is 30.1 Å². The van der Waals surface area contributed by atoms with Gasteiger partial charge >= 0.3 is 0 Å². The number of carbonyl (C=O) groups excluding carboxylic acids is 1. The molecule has 0 N–H and O–H groups in total. The zero-order chi connectivity index (χ0) is 10.8. The van der Waals surface area contributed by atoms with Gasteiger partial charge in [0.1, 0.15) is 11.6 Å². The predicted octanol–water partition coefficient (Wildman–Crippen LogP) is 1.44. The number of halogens is 1. The monoisotopic (exact) mass is 209 g/mol. The first-order chi connectivity index (χ1) is 7.16. The number of hydrogen-bond acceptors (Lipinski definition) is 2. The van der Waals surface area contributed by atoms with Gasteiger partial charge in [0.2, 0.25) is 0 Å². The highest BCUT2D eigenvalue weighted by Gasteiger charge is 2.30. The second-order valence-electron chi connectivity index (χ2n) is 3.61. The molecule has 1 fully saturated rings. The molecule has 0 aromatic heterocycles. The molecule has 1 heterocycles. The number of carbonyl (C=O) groups is 1. The molecule has 0 radical (unpaired) electrons. The molecule has 0 aliphatic carbocycles. The van der Waals surface area contributed by atoms with E-state index < -0.39 is 6.10 Å². The molecule has 1 aliphatic rings. The molecule has 2 rings (SSSR count). The molecule has 80 valence electrons. The van der Waals surface area contributed by atoms with E-state index in [0.717, 1.165) is 0 Å².